The molecule has 0 amide bonds. The van der Waals surface area contributed by atoms with Crippen LogP contribution in [0.25, 0.3) is 0 Å². The van der Waals surface area contributed by atoms with Gasteiger partial charge in [0.25, 0.3) is 0 Å². The van der Waals surface area contributed by atoms with Gasteiger partial charge in [-0.05, 0) is 34.2 Å². The van der Waals surface area contributed by atoms with Gasteiger partial charge in [-0.2, -0.15) is 0 Å². The third kappa shape index (κ3) is 5.16. The van der Waals surface area contributed by atoms with Gasteiger partial charge in [0, 0.05) is 13.1 Å². The first-order valence-corrected chi connectivity index (χ1v) is 9.13. The van der Waals surface area contributed by atoms with Crippen molar-refractivity contribution in [2.24, 2.45) is 5.14 Å². The second-order valence-electron chi connectivity index (χ2n) is 6.74. The molecule has 2 rings (SSSR count). The lowest BCUT2D eigenvalue weighted by Crippen LogP contribution is -2.15. The largest absolute Gasteiger partial charge is 0.309 e. The van der Waals surface area contributed by atoms with Crippen LogP contribution in [0.3, 0.4) is 0 Å². The number of primary sulfonamides is 1. The molecule has 2 aromatic carbocycles. The Labute approximate surface area is 138 Å². The summed E-state index contributed by atoms with van der Waals surface area (Å²) in [6.45, 7) is 8.04. The molecule has 0 spiro atoms. The van der Waals surface area contributed by atoms with E-state index in [2.05, 4.69) is 50.4 Å². The molecular weight excluding hydrogens is 308 g/mol. The van der Waals surface area contributed by atoms with Crippen LogP contribution in [-0.2, 0) is 28.5 Å². The summed E-state index contributed by atoms with van der Waals surface area (Å²) in [7, 11) is -3.62. The average Bonchev–Trinajstić information content (AvgIpc) is 2.46. The molecule has 23 heavy (non-hydrogen) atoms. The van der Waals surface area contributed by atoms with Crippen molar-refractivity contribution in [1.82, 2.24) is 5.32 Å². The minimum Gasteiger partial charge on any atom is -0.309 e. The van der Waals surface area contributed by atoms with Crippen molar-refractivity contribution in [2.45, 2.75) is 44.2 Å². The molecule has 3 N–H and O–H groups in total. The summed E-state index contributed by atoms with van der Waals surface area (Å²) in [5.41, 5.74) is 3.72. The summed E-state index contributed by atoms with van der Waals surface area (Å²) >= 11 is 0. The maximum atomic E-state index is 11.2. The molecule has 0 aliphatic carbocycles. The Morgan fingerprint density at radius 1 is 0.870 bits per heavy atom. The van der Waals surface area contributed by atoms with E-state index in [4.69, 9.17) is 5.14 Å². The maximum Gasteiger partial charge on any atom is 0.238 e. The SMILES string of the molecule is CC(C)(C)c1ccc(CNCc2ccc(S(N)(=O)=O)cc2)cc1. The van der Waals surface area contributed by atoms with Gasteiger partial charge in [-0.3, -0.25) is 0 Å². The number of sulfonamides is 1. The van der Waals surface area contributed by atoms with Gasteiger partial charge in [0.15, 0.2) is 0 Å². The third-order valence-electron chi connectivity index (χ3n) is 3.73. The zero-order valence-electron chi connectivity index (χ0n) is 13.8. The number of nitrogens with one attached hydrogen (secondary N) is 1. The van der Waals surface area contributed by atoms with E-state index in [9.17, 15) is 8.42 Å². The van der Waals surface area contributed by atoms with Crippen LogP contribution in [0.15, 0.2) is 53.4 Å². The number of rotatable bonds is 5. The van der Waals surface area contributed by atoms with Crippen LogP contribution in [0, 0.1) is 0 Å². The Kier molecular flexibility index (Phi) is 5.24. The Bertz CT molecular complexity index is 743. The molecule has 0 heterocycles. The van der Waals surface area contributed by atoms with Gasteiger partial charge >= 0.3 is 0 Å². The number of nitrogens with two attached hydrogens (primary N) is 1. The fraction of sp³-hybridized carbons (Fsp3) is 0.333. The van der Waals surface area contributed by atoms with Gasteiger partial charge in [-0.15, -0.1) is 0 Å². The fourth-order valence-electron chi connectivity index (χ4n) is 2.27. The van der Waals surface area contributed by atoms with E-state index >= 15 is 0 Å². The lowest BCUT2D eigenvalue weighted by atomic mass is 9.87. The molecule has 124 valence electrons. The zero-order chi connectivity index (χ0) is 17.1. The summed E-state index contributed by atoms with van der Waals surface area (Å²) in [6.07, 6.45) is 0. The quantitative estimate of drug-likeness (QED) is 0.884. The number of hydrogen-bond acceptors (Lipinski definition) is 3. The Morgan fingerprint density at radius 2 is 1.30 bits per heavy atom. The summed E-state index contributed by atoms with van der Waals surface area (Å²) in [4.78, 5) is 0.138. The van der Waals surface area contributed by atoms with Crippen LogP contribution < -0.4 is 10.5 Å². The Morgan fingerprint density at radius 3 is 1.70 bits per heavy atom. The first-order chi connectivity index (χ1) is 10.7. The molecule has 4 nitrogen and oxygen atoms in total. The lowest BCUT2D eigenvalue weighted by Gasteiger charge is -2.19. The van der Waals surface area contributed by atoms with E-state index in [0.29, 0.717) is 6.54 Å². The Balaban J connectivity index is 1.90. The molecule has 0 atom stereocenters. The Hall–Kier alpha value is -1.69. The first-order valence-electron chi connectivity index (χ1n) is 7.58. The van der Waals surface area contributed by atoms with E-state index in [0.717, 1.165) is 12.1 Å². The summed E-state index contributed by atoms with van der Waals surface area (Å²) in [6, 6.07) is 15.2. The molecule has 0 fully saturated rings. The third-order valence-corrected chi connectivity index (χ3v) is 4.66. The van der Waals surface area contributed by atoms with Crippen LogP contribution in [-0.4, -0.2) is 8.42 Å². The highest BCUT2D eigenvalue weighted by molar-refractivity contribution is 7.89. The molecule has 0 bridgehead atoms. The van der Waals surface area contributed by atoms with Crippen molar-refractivity contribution in [2.75, 3.05) is 0 Å². The predicted molar refractivity (Wildman–Crippen MR) is 93.5 cm³/mol. The van der Waals surface area contributed by atoms with Crippen molar-refractivity contribution in [3.63, 3.8) is 0 Å². The highest BCUT2D eigenvalue weighted by Gasteiger charge is 2.12. The van der Waals surface area contributed by atoms with E-state index in [1.165, 1.54) is 23.3 Å². The normalized spacial score (nSPS) is 12.3. The lowest BCUT2D eigenvalue weighted by molar-refractivity contribution is 0.589. The molecule has 0 aliphatic rings. The van der Waals surface area contributed by atoms with E-state index in [1.54, 1.807) is 12.1 Å². The molecule has 2 aromatic rings. The maximum absolute atomic E-state index is 11.2. The molecular formula is C18H24N2O2S. The van der Waals surface area contributed by atoms with Crippen LogP contribution in [0.1, 0.15) is 37.5 Å². The van der Waals surface area contributed by atoms with Crippen molar-refractivity contribution in [3.05, 3.63) is 65.2 Å². The number of hydrogen-bond donors (Lipinski definition) is 2. The molecule has 0 saturated carbocycles. The van der Waals surface area contributed by atoms with Gasteiger partial charge in [-0.1, -0.05) is 57.2 Å². The minimum atomic E-state index is -3.62. The second kappa shape index (κ2) is 6.83. The molecule has 0 radical (unpaired) electrons. The van der Waals surface area contributed by atoms with Crippen LogP contribution in [0.5, 0.6) is 0 Å². The van der Waals surface area contributed by atoms with Crippen LogP contribution in [0.4, 0.5) is 0 Å². The van der Waals surface area contributed by atoms with Crippen molar-refractivity contribution < 1.29 is 8.42 Å². The zero-order valence-corrected chi connectivity index (χ0v) is 14.7. The van der Waals surface area contributed by atoms with Crippen molar-refractivity contribution >= 4 is 10.0 Å². The monoisotopic (exact) mass is 332 g/mol. The molecule has 0 aliphatic heterocycles. The van der Waals surface area contributed by atoms with Crippen LogP contribution >= 0.6 is 0 Å². The van der Waals surface area contributed by atoms with Gasteiger partial charge in [0.05, 0.1) is 4.90 Å². The average molecular weight is 332 g/mol. The predicted octanol–water partition coefficient (Wildman–Crippen LogP) is 2.92. The topological polar surface area (TPSA) is 72.2 Å². The molecule has 0 saturated heterocycles. The second-order valence-corrected chi connectivity index (χ2v) is 8.30. The van der Waals surface area contributed by atoms with E-state index < -0.39 is 10.0 Å². The van der Waals surface area contributed by atoms with E-state index in [1.807, 2.05) is 0 Å². The first kappa shape index (κ1) is 17.7. The van der Waals surface area contributed by atoms with Gasteiger partial charge in [-0.25, -0.2) is 13.6 Å². The van der Waals surface area contributed by atoms with Crippen molar-refractivity contribution in [3.8, 4) is 0 Å². The molecule has 0 unspecified atom stereocenters. The van der Waals surface area contributed by atoms with Crippen LogP contribution in [0.2, 0.25) is 0 Å². The molecule has 5 heteroatoms. The van der Waals surface area contributed by atoms with Gasteiger partial charge in [0.1, 0.15) is 0 Å². The summed E-state index contributed by atoms with van der Waals surface area (Å²) in [5.74, 6) is 0. The van der Waals surface area contributed by atoms with E-state index in [-0.39, 0.29) is 10.3 Å². The molecule has 0 aromatic heterocycles. The van der Waals surface area contributed by atoms with Gasteiger partial charge < -0.3 is 5.32 Å². The highest BCUT2D eigenvalue weighted by atomic mass is 32.2. The summed E-state index contributed by atoms with van der Waals surface area (Å²) in [5, 5.41) is 8.44. The standard InChI is InChI=1S/C18H24N2O2S/c1-18(2,3)16-8-4-14(5-9-16)12-20-13-15-6-10-17(11-7-15)23(19,21)22/h4-11,20H,12-13H2,1-3H3,(H2,19,21,22). The smallest absolute Gasteiger partial charge is 0.238 e. The summed E-state index contributed by atoms with van der Waals surface area (Å²) < 4.78 is 22.4. The highest BCUT2D eigenvalue weighted by Crippen LogP contribution is 2.22. The fourth-order valence-corrected chi connectivity index (χ4v) is 2.79. The van der Waals surface area contributed by atoms with Crippen molar-refractivity contribution in [1.29, 1.82) is 0 Å². The number of benzene rings is 2. The minimum absolute atomic E-state index is 0.138. The van der Waals surface area contributed by atoms with Gasteiger partial charge in [0.2, 0.25) is 10.0 Å².